The molecule has 204 valence electrons. The molecule has 0 aliphatic rings. The molecule has 9 rings (SSSR count). The summed E-state index contributed by atoms with van der Waals surface area (Å²) < 4.78 is 16.5. The number of hydrogen-bond acceptors (Lipinski definition) is 2. The number of benzene rings is 7. The third-order valence-corrected chi connectivity index (χ3v) is 8.85. The maximum absolute atomic E-state index is 14.4. The second kappa shape index (κ2) is 9.22. The van der Waals surface area contributed by atoms with Crippen molar-refractivity contribution in [3.05, 3.63) is 145 Å². The summed E-state index contributed by atoms with van der Waals surface area (Å²) in [5.74, 6) is 0.231. The fourth-order valence-corrected chi connectivity index (χ4v) is 6.90. The van der Waals surface area contributed by atoms with Crippen molar-refractivity contribution in [2.24, 2.45) is 0 Å². The fraction of sp³-hybridized carbons (Fsp3) is 0. The second-order valence-corrected chi connectivity index (χ2v) is 11.2. The molecule has 2 aromatic heterocycles. The second-order valence-electron chi connectivity index (χ2n) is 11.2. The minimum atomic E-state index is -0.349. The average Bonchev–Trinajstić information content (AvgIpc) is 3.41. The molecular formula is C40H22FN3. The summed E-state index contributed by atoms with van der Waals surface area (Å²) in [7, 11) is 0. The largest absolute Gasteiger partial charge is 0.294 e. The maximum atomic E-state index is 14.4. The van der Waals surface area contributed by atoms with Gasteiger partial charge in [-0.25, -0.2) is 9.37 Å². The topological polar surface area (TPSA) is 41.6 Å². The SMILES string of the molecule is N#Cc1nc(-n2c3ccccc3c3c4ccccc4c(-c4ccc5ccc6ccccc6c5c4)cc32)cc2cc(F)ccc12. The zero-order chi connectivity index (χ0) is 29.4. The van der Waals surface area contributed by atoms with Crippen molar-refractivity contribution >= 4 is 64.9 Å². The van der Waals surface area contributed by atoms with Gasteiger partial charge in [0.2, 0.25) is 0 Å². The van der Waals surface area contributed by atoms with Crippen LogP contribution >= 0.6 is 0 Å². The number of nitrogens with zero attached hydrogens (tertiary/aromatic N) is 3. The van der Waals surface area contributed by atoms with Gasteiger partial charge in [-0.2, -0.15) is 5.26 Å². The summed E-state index contributed by atoms with van der Waals surface area (Å²) in [6, 6.07) is 47.2. The predicted molar refractivity (Wildman–Crippen MR) is 179 cm³/mol. The third kappa shape index (κ3) is 3.50. The Bertz CT molecular complexity index is 2690. The summed E-state index contributed by atoms with van der Waals surface area (Å²) in [5.41, 5.74) is 4.45. The van der Waals surface area contributed by atoms with Gasteiger partial charge in [0, 0.05) is 16.2 Å². The number of nitriles is 1. The summed E-state index contributed by atoms with van der Waals surface area (Å²) >= 11 is 0. The van der Waals surface area contributed by atoms with Crippen LogP contribution in [-0.4, -0.2) is 9.55 Å². The number of para-hydroxylation sites is 1. The molecule has 4 heteroatoms. The number of aromatic nitrogens is 2. The van der Waals surface area contributed by atoms with E-state index >= 15 is 0 Å². The number of halogens is 1. The molecule has 0 aliphatic carbocycles. The highest BCUT2D eigenvalue weighted by Crippen LogP contribution is 2.42. The van der Waals surface area contributed by atoms with Gasteiger partial charge in [0.05, 0.1) is 11.0 Å². The highest BCUT2D eigenvalue weighted by molar-refractivity contribution is 6.24. The monoisotopic (exact) mass is 563 g/mol. The van der Waals surface area contributed by atoms with Gasteiger partial charge in [-0.3, -0.25) is 4.57 Å². The first-order valence-corrected chi connectivity index (χ1v) is 14.6. The molecule has 9 aromatic rings. The summed E-state index contributed by atoms with van der Waals surface area (Å²) in [6.45, 7) is 0. The number of hydrogen-bond donors (Lipinski definition) is 0. The number of rotatable bonds is 2. The van der Waals surface area contributed by atoms with Crippen molar-refractivity contribution in [2.45, 2.75) is 0 Å². The van der Waals surface area contributed by atoms with Crippen LogP contribution in [-0.2, 0) is 0 Å². The van der Waals surface area contributed by atoms with Gasteiger partial charge in [-0.05, 0) is 91.3 Å². The van der Waals surface area contributed by atoms with Crippen molar-refractivity contribution in [3.63, 3.8) is 0 Å². The van der Waals surface area contributed by atoms with Crippen LogP contribution in [0.4, 0.5) is 4.39 Å². The van der Waals surface area contributed by atoms with Crippen LogP contribution in [0.2, 0.25) is 0 Å². The fourth-order valence-electron chi connectivity index (χ4n) is 6.90. The Morgan fingerprint density at radius 1 is 0.545 bits per heavy atom. The van der Waals surface area contributed by atoms with Crippen molar-refractivity contribution in [2.75, 3.05) is 0 Å². The van der Waals surface area contributed by atoms with Gasteiger partial charge in [0.25, 0.3) is 0 Å². The van der Waals surface area contributed by atoms with E-state index in [1.54, 1.807) is 6.07 Å². The van der Waals surface area contributed by atoms with Crippen molar-refractivity contribution in [3.8, 4) is 23.0 Å². The van der Waals surface area contributed by atoms with E-state index in [-0.39, 0.29) is 11.5 Å². The lowest BCUT2D eigenvalue weighted by molar-refractivity contribution is 0.629. The van der Waals surface area contributed by atoms with E-state index in [1.165, 1.54) is 33.7 Å². The molecule has 0 saturated carbocycles. The quantitative estimate of drug-likeness (QED) is 0.196. The van der Waals surface area contributed by atoms with Gasteiger partial charge >= 0.3 is 0 Å². The molecule has 0 unspecified atom stereocenters. The Balaban J connectivity index is 1.42. The molecule has 0 atom stereocenters. The summed E-state index contributed by atoms with van der Waals surface area (Å²) in [6.07, 6.45) is 0. The Labute approximate surface area is 251 Å². The maximum Gasteiger partial charge on any atom is 0.150 e. The van der Waals surface area contributed by atoms with Crippen molar-refractivity contribution in [1.29, 1.82) is 5.26 Å². The molecule has 0 saturated heterocycles. The predicted octanol–water partition coefficient (Wildman–Crippen LogP) is 10.5. The van der Waals surface area contributed by atoms with Crippen LogP contribution < -0.4 is 0 Å². The standard InChI is InChI=1S/C40H22FN3/c41-28-17-18-30-27(19-28)21-39(43-36(30)23-42)44-37-12-6-5-11-33(37)40-32-10-4-3-9-31(32)35(22-38(40)44)26-16-15-25-14-13-24-7-1-2-8-29(24)34(25)20-26/h1-22H. The Hall–Kier alpha value is -6.05. The zero-order valence-corrected chi connectivity index (χ0v) is 23.4. The molecule has 0 bridgehead atoms. The number of pyridine rings is 1. The normalized spacial score (nSPS) is 11.7. The van der Waals surface area contributed by atoms with Crippen molar-refractivity contribution in [1.82, 2.24) is 9.55 Å². The van der Waals surface area contributed by atoms with E-state index in [0.717, 1.165) is 43.7 Å². The van der Waals surface area contributed by atoms with Gasteiger partial charge in [-0.15, -0.1) is 0 Å². The van der Waals surface area contributed by atoms with Crippen LogP contribution in [0, 0.1) is 17.1 Å². The van der Waals surface area contributed by atoms with Crippen LogP contribution in [0.5, 0.6) is 0 Å². The van der Waals surface area contributed by atoms with Gasteiger partial charge in [-0.1, -0.05) is 91.0 Å². The lowest BCUT2D eigenvalue weighted by atomic mass is 9.92. The van der Waals surface area contributed by atoms with Crippen LogP contribution in [0.15, 0.2) is 133 Å². The van der Waals surface area contributed by atoms with E-state index < -0.39 is 0 Å². The van der Waals surface area contributed by atoms with Gasteiger partial charge in [0.15, 0.2) is 5.69 Å². The average molecular weight is 564 g/mol. The van der Waals surface area contributed by atoms with E-state index in [0.29, 0.717) is 16.6 Å². The van der Waals surface area contributed by atoms with E-state index in [2.05, 4.69) is 108 Å². The first-order valence-electron chi connectivity index (χ1n) is 14.6. The minimum Gasteiger partial charge on any atom is -0.294 e. The zero-order valence-electron chi connectivity index (χ0n) is 23.4. The molecule has 3 nitrogen and oxygen atoms in total. The Morgan fingerprint density at radius 3 is 2.09 bits per heavy atom. The summed E-state index contributed by atoms with van der Waals surface area (Å²) in [4.78, 5) is 4.83. The van der Waals surface area contributed by atoms with E-state index in [9.17, 15) is 9.65 Å². The third-order valence-electron chi connectivity index (χ3n) is 8.85. The molecule has 0 spiro atoms. The highest BCUT2D eigenvalue weighted by atomic mass is 19.1. The molecule has 0 fully saturated rings. The smallest absolute Gasteiger partial charge is 0.150 e. The van der Waals surface area contributed by atoms with Crippen LogP contribution in [0.25, 0.3) is 81.8 Å². The molecule has 2 heterocycles. The molecule has 0 aliphatic heterocycles. The molecule has 0 amide bonds. The molecule has 44 heavy (non-hydrogen) atoms. The molecule has 7 aromatic carbocycles. The summed E-state index contributed by atoms with van der Waals surface area (Å²) in [5, 5.41) is 20.7. The Morgan fingerprint density at radius 2 is 1.25 bits per heavy atom. The van der Waals surface area contributed by atoms with Gasteiger partial charge in [0.1, 0.15) is 17.7 Å². The van der Waals surface area contributed by atoms with Gasteiger partial charge < -0.3 is 0 Å². The molecule has 0 radical (unpaired) electrons. The van der Waals surface area contributed by atoms with E-state index in [1.807, 2.05) is 18.2 Å². The lowest BCUT2D eigenvalue weighted by Crippen LogP contribution is -2.00. The molecular weight excluding hydrogens is 541 g/mol. The lowest BCUT2D eigenvalue weighted by Gasteiger charge is -2.14. The first-order chi connectivity index (χ1) is 21.7. The van der Waals surface area contributed by atoms with Crippen LogP contribution in [0.1, 0.15) is 5.69 Å². The minimum absolute atomic E-state index is 0.269. The Kier molecular flexibility index (Phi) is 5.14. The van der Waals surface area contributed by atoms with Crippen molar-refractivity contribution < 1.29 is 4.39 Å². The highest BCUT2D eigenvalue weighted by Gasteiger charge is 2.20. The molecule has 0 N–H and O–H groups in total. The first kappa shape index (κ1) is 24.5. The number of fused-ring (bicyclic) bond motifs is 9. The van der Waals surface area contributed by atoms with Crippen LogP contribution in [0.3, 0.4) is 0 Å². The van der Waals surface area contributed by atoms with E-state index in [4.69, 9.17) is 4.98 Å².